The molecular formula is C9H13NO4S2. The predicted octanol–water partition coefficient (Wildman–Crippen LogP) is 1.36. The minimum atomic E-state index is -3.72. The van der Waals surface area contributed by atoms with Crippen LogP contribution in [0.15, 0.2) is 4.90 Å². The second kappa shape index (κ2) is 4.52. The Morgan fingerprint density at radius 3 is 2.38 bits per heavy atom. The van der Waals surface area contributed by atoms with E-state index in [1.54, 1.807) is 20.8 Å². The number of hydrogen-bond acceptors (Lipinski definition) is 4. The number of carbonyl (C=O) groups is 1. The summed E-state index contributed by atoms with van der Waals surface area (Å²) in [5.41, 5.74) is -0.122. The summed E-state index contributed by atoms with van der Waals surface area (Å²) in [5.74, 6) is -1.21. The molecule has 1 aromatic heterocycles. The van der Waals surface area contributed by atoms with E-state index < -0.39 is 16.0 Å². The first-order chi connectivity index (χ1) is 7.31. The zero-order valence-corrected chi connectivity index (χ0v) is 10.8. The highest BCUT2D eigenvalue weighted by atomic mass is 32.2. The van der Waals surface area contributed by atoms with Crippen LogP contribution in [0.25, 0.3) is 0 Å². The Hall–Kier alpha value is -0.920. The Kier molecular flexibility index (Phi) is 3.72. The van der Waals surface area contributed by atoms with Crippen LogP contribution in [0.1, 0.15) is 27.0 Å². The lowest BCUT2D eigenvalue weighted by Crippen LogP contribution is -2.25. The molecule has 1 heterocycles. The summed E-state index contributed by atoms with van der Waals surface area (Å²) < 4.78 is 26.0. The fraction of sp³-hybridized carbons (Fsp3) is 0.444. The average Bonchev–Trinajstić information content (AvgIpc) is 2.41. The van der Waals surface area contributed by atoms with Crippen LogP contribution in [-0.4, -0.2) is 26.0 Å². The van der Waals surface area contributed by atoms with Crippen LogP contribution in [0.2, 0.25) is 0 Å². The number of nitrogens with one attached hydrogen (secondary N) is 1. The molecular weight excluding hydrogens is 250 g/mol. The van der Waals surface area contributed by atoms with Gasteiger partial charge in [-0.1, -0.05) is 6.92 Å². The fourth-order valence-corrected chi connectivity index (χ4v) is 4.37. The Balaban J connectivity index is 3.50. The minimum absolute atomic E-state index is 0.107. The van der Waals surface area contributed by atoms with Gasteiger partial charge in [-0.05, 0) is 13.8 Å². The number of rotatable bonds is 4. The highest BCUT2D eigenvalue weighted by Crippen LogP contribution is 2.31. The first-order valence-electron chi connectivity index (χ1n) is 4.64. The molecule has 1 aromatic rings. The molecule has 0 saturated heterocycles. The highest BCUT2D eigenvalue weighted by Gasteiger charge is 2.28. The largest absolute Gasteiger partial charge is 0.478 e. The number of thiophene rings is 1. The van der Waals surface area contributed by atoms with Crippen molar-refractivity contribution in [2.45, 2.75) is 25.7 Å². The smallest absolute Gasteiger partial charge is 0.338 e. The Morgan fingerprint density at radius 2 is 1.94 bits per heavy atom. The van der Waals surface area contributed by atoms with Crippen molar-refractivity contribution in [2.24, 2.45) is 0 Å². The number of aromatic carboxylic acids is 1. The van der Waals surface area contributed by atoms with Gasteiger partial charge >= 0.3 is 5.97 Å². The van der Waals surface area contributed by atoms with Crippen molar-refractivity contribution in [1.82, 2.24) is 4.72 Å². The molecule has 0 spiro atoms. The molecule has 0 atom stereocenters. The van der Waals surface area contributed by atoms with Crippen molar-refractivity contribution in [3.05, 3.63) is 15.3 Å². The van der Waals surface area contributed by atoms with E-state index in [-0.39, 0.29) is 17.0 Å². The van der Waals surface area contributed by atoms with Crippen LogP contribution in [0.5, 0.6) is 0 Å². The second-order valence-electron chi connectivity index (χ2n) is 3.23. The second-order valence-corrected chi connectivity index (χ2v) is 6.36. The molecule has 0 aliphatic heterocycles. The third kappa shape index (κ3) is 2.26. The Morgan fingerprint density at radius 1 is 1.38 bits per heavy atom. The maximum absolute atomic E-state index is 11.8. The maximum Gasteiger partial charge on any atom is 0.338 e. The molecule has 16 heavy (non-hydrogen) atoms. The molecule has 0 aliphatic rings. The lowest BCUT2D eigenvalue weighted by molar-refractivity contribution is 0.0692. The normalized spacial score (nSPS) is 11.7. The molecule has 5 nitrogen and oxygen atoms in total. The molecule has 0 radical (unpaired) electrons. The molecule has 0 fully saturated rings. The van der Waals surface area contributed by atoms with Crippen molar-refractivity contribution in [3.8, 4) is 0 Å². The Bertz CT molecular complexity index is 516. The van der Waals surface area contributed by atoms with Crippen LogP contribution in [0.3, 0.4) is 0 Å². The van der Waals surface area contributed by atoms with Crippen LogP contribution < -0.4 is 4.72 Å². The number of carboxylic acids is 1. The first-order valence-corrected chi connectivity index (χ1v) is 6.94. The summed E-state index contributed by atoms with van der Waals surface area (Å²) in [5, 5.41) is 9.01. The third-order valence-electron chi connectivity index (χ3n) is 2.02. The standard InChI is InChI=1S/C9H13NO4S2/c1-4-10-16(13,14)8-6(3)15-5(2)7(8)9(11)12/h10H,4H2,1-3H3,(H,11,12). The molecule has 0 saturated carbocycles. The van der Waals surface area contributed by atoms with E-state index in [0.717, 1.165) is 0 Å². The van der Waals surface area contributed by atoms with Crippen LogP contribution in [0, 0.1) is 13.8 Å². The third-order valence-corrected chi connectivity index (χ3v) is 4.89. The summed E-state index contributed by atoms with van der Waals surface area (Å²) >= 11 is 1.18. The van der Waals surface area contributed by atoms with E-state index in [1.807, 2.05) is 0 Å². The molecule has 90 valence electrons. The van der Waals surface area contributed by atoms with Gasteiger partial charge in [-0.25, -0.2) is 17.9 Å². The number of carboxylic acid groups (broad SMARTS) is 1. The molecule has 0 aromatic carbocycles. The van der Waals surface area contributed by atoms with Gasteiger partial charge in [-0.2, -0.15) is 0 Å². The quantitative estimate of drug-likeness (QED) is 0.859. The fourth-order valence-electron chi connectivity index (χ4n) is 1.50. The van der Waals surface area contributed by atoms with Gasteiger partial charge in [0.15, 0.2) is 0 Å². The molecule has 0 aliphatic carbocycles. The highest BCUT2D eigenvalue weighted by molar-refractivity contribution is 7.89. The van der Waals surface area contributed by atoms with E-state index in [4.69, 9.17) is 5.11 Å². The monoisotopic (exact) mass is 263 g/mol. The summed E-state index contributed by atoms with van der Waals surface area (Å²) in [7, 11) is -3.72. The topological polar surface area (TPSA) is 83.5 Å². The van der Waals surface area contributed by atoms with Crippen LogP contribution >= 0.6 is 11.3 Å². The van der Waals surface area contributed by atoms with Crippen LogP contribution in [0.4, 0.5) is 0 Å². The van der Waals surface area contributed by atoms with Crippen molar-refractivity contribution in [1.29, 1.82) is 0 Å². The van der Waals surface area contributed by atoms with Gasteiger partial charge in [0.25, 0.3) is 0 Å². The summed E-state index contributed by atoms with van der Waals surface area (Å²) in [6.07, 6.45) is 0. The number of aryl methyl sites for hydroxylation is 2. The molecule has 0 amide bonds. The number of hydrogen-bond donors (Lipinski definition) is 2. The van der Waals surface area contributed by atoms with E-state index in [2.05, 4.69) is 4.72 Å². The molecule has 1 rings (SSSR count). The van der Waals surface area contributed by atoms with Gasteiger partial charge in [0.05, 0.1) is 5.56 Å². The lowest BCUT2D eigenvalue weighted by Gasteiger charge is -2.05. The van der Waals surface area contributed by atoms with Gasteiger partial charge in [-0.3, -0.25) is 0 Å². The van der Waals surface area contributed by atoms with Crippen molar-refractivity contribution in [3.63, 3.8) is 0 Å². The van der Waals surface area contributed by atoms with Gasteiger partial charge in [0.2, 0.25) is 10.0 Å². The van der Waals surface area contributed by atoms with Crippen LogP contribution in [-0.2, 0) is 10.0 Å². The van der Waals surface area contributed by atoms with Gasteiger partial charge in [-0.15, -0.1) is 11.3 Å². The van der Waals surface area contributed by atoms with E-state index >= 15 is 0 Å². The molecule has 0 bridgehead atoms. The van der Waals surface area contributed by atoms with Gasteiger partial charge in [0, 0.05) is 16.3 Å². The van der Waals surface area contributed by atoms with Crippen molar-refractivity contribution < 1.29 is 18.3 Å². The summed E-state index contributed by atoms with van der Waals surface area (Å²) in [6.45, 7) is 5.09. The molecule has 7 heteroatoms. The zero-order chi connectivity index (χ0) is 12.5. The van der Waals surface area contributed by atoms with Gasteiger partial charge < -0.3 is 5.11 Å². The minimum Gasteiger partial charge on any atom is -0.478 e. The maximum atomic E-state index is 11.8. The molecule has 2 N–H and O–H groups in total. The van der Waals surface area contributed by atoms with Crippen molar-refractivity contribution in [2.75, 3.05) is 6.54 Å². The van der Waals surface area contributed by atoms with E-state index in [9.17, 15) is 13.2 Å². The first kappa shape index (κ1) is 13.1. The summed E-state index contributed by atoms with van der Waals surface area (Å²) in [6, 6.07) is 0. The predicted molar refractivity (Wildman–Crippen MR) is 61.6 cm³/mol. The van der Waals surface area contributed by atoms with E-state index in [1.165, 1.54) is 11.3 Å². The average molecular weight is 263 g/mol. The summed E-state index contributed by atoms with van der Waals surface area (Å²) in [4.78, 5) is 11.9. The Labute approximate surface area is 98.2 Å². The molecule has 0 unspecified atom stereocenters. The van der Waals surface area contributed by atoms with Gasteiger partial charge in [0.1, 0.15) is 4.90 Å². The number of sulfonamides is 1. The van der Waals surface area contributed by atoms with E-state index in [0.29, 0.717) is 9.75 Å². The SMILES string of the molecule is CCNS(=O)(=O)c1c(C)sc(C)c1C(=O)O. The van der Waals surface area contributed by atoms with Crippen molar-refractivity contribution >= 4 is 27.3 Å². The lowest BCUT2D eigenvalue weighted by atomic mass is 10.2. The zero-order valence-electron chi connectivity index (χ0n) is 9.20.